The van der Waals surface area contributed by atoms with Gasteiger partial charge in [-0.25, -0.2) is 0 Å². The Hall–Kier alpha value is 0.0700. The summed E-state index contributed by atoms with van der Waals surface area (Å²) in [4.78, 5) is 17.0. The summed E-state index contributed by atoms with van der Waals surface area (Å²) in [5, 5.41) is 0. The van der Waals surface area contributed by atoms with Gasteiger partial charge in [0, 0.05) is 0 Å². The summed E-state index contributed by atoms with van der Waals surface area (Å²) in [6.07, 6.45) is 2.08. The standard InChI is InChI=1S/C5H14NO3P.H2O/c1-2-3-4-5(6)10(7,8)9;/h5H,2-4,6H2,1H3,(H2,7,8,9);1H2. The van der Waals surface area contributed by atoms with E-state index in [1.54, 1.807) is 0 Å². The quantitative estimate of drug-likeness (QED) is 0.526. The molecule has 0 aliphatic heterocycles. The fraction of sp³-hybridized carbons (Fsp3) is 1.00. The summed E-state index contributed by atoms with van der Waals surface area (Å²) in [5.41, 5.74) is 5.17. The molecular weight excluding hydrogens is 169 g/mol. The fourth-order valence-electron chi connectivity index (χ4n) is 0.581. The van der Waals surface area contributed by atoms with Gasteiger partial charge in [0.05, 0.1) is 0 Å². The van der Waals surface area contributed by atoms with Gasteiger partial charge in [0.15, 0.2) is 0 Å². The van der Waals surface area contributed by atoms with Crippen LogP contribution in [0.1, 0.15) is 26.2 Å². The number of rotatable bonds is 4. The molecule has 5 nitrogen and oxygen atoms in total. The van der Waals surface area contributed by atoms with Crippen LogP contribution in [0.3, 0.4) is 0 Å². The summed E-state index contributed by atoms with van der Waals surface area (Å²) in [7, 11) is -4.01. The van der Waals surface area contributed by atoms with Gasteiger partial charge in [-0.3, -0.25) is 4.57 Å². The topological polar surface area (TPSA) is 115 Å². The van der Waals surface area contributed by atoms with E-state index in [1.807, 2.05) is 6.92 Å². The molecule has 0 amide bonds. The molecule has 0 aliphatic rings. The Balaban J connectivity index is 0. The summed E-state index contributed by atoms with van der Waals surface area (Å²) in [6.45, 7) is 1.95. The van der Waals surface area contributed by atoms with Crippen LogP contribution in [0.5, 0.6) is 0 Å². The number of unbranched alkanes of at least 4 members (excludes halogenated alkanes) is 1. The largest absolute Gasteiger partial charge is 0.412 e. The van der Waals surface area contributed by atoms with Gasteiger partial charge in [0.1, 0.15) is 5.78 Å². The van der Waals surface area contributed by atoms with E-state index in [0.29, 0.717) is 6.42 Å². The molecule has 11 heavy (non-hydrogen) atoms. The van der Waals surface area contributed by atoms with Gasteiger partial charge in [-0.15, -0.1) is 0 Å². The van der Waals surface area contributed by atoms with Crippen LogP contribution in [-0.2, 0) is 4.57 Å². The molecule has 0 aromatic carbocycles. The Morgan fingerprint density at radius 2 is 2.00 bits per heavy atom. The molecule has 0 aromatic rings. The van der Waals surface area contributed by atoms with E-state index < -0.39 is 13.4 Å². The van der Waals surface area contributed by atoms with Crippen LogP contribution in [-0.4, -0.2) is 21.0 Å². The van der Waals surface area contributed by atoms with E-state index in [9.17, 15) is 4.57 Å². The summed E-state index contributed by atoms with van der Waals surface area (Å²) in [6, 6.07) is 0. The normalized spacial score (nSPS) is 13.8. The SMILES string of the molecule is CCCCC(N)P(=O)(O)O.O. The lowest BCUT2D eigenvalue weighted by molar-refractivity contribution is 0.354. The predicted octanol–water partition coefficient (Wildman–Crippen LogP) is -0.186. The van der Waals surface area contributed by atoms with Crippen molar-refractivity contribution in [2.75, 3.05) is 0 Å². The molecule has 0 saturated heterocycles. The van der Waals surface area contributed by atoms with Crippen molar-refractivity contribution in [2.24, 2.45) is 5.73 Å². The Labute approximate surface area is 66.1 Å². The van der Waals surface area contributed by atoms with E-state index in [4.69, 9.17) is 15.5 Å². The van der Waals surface area contributed by atoms with Crippen molar-refractivity contribution in [1.82, 2.24) is 0 Å². The van der Waals surface area contributed by atoms with Crippen LogP contribution < -0.4 is 5.73 Å². The Morgan fingerprint density at radius 3 is 2.27 bits per heavy atom. The second kappa shape index (κ2) is 5.69. The number of hydrogen-bond acceptors (Lipinski definition) is 2. The first-order valence-electron chi connectivity index (χ1n) is 3.29. The second-order valence-corrected chi connectivity index (χ2v) is 4.14. The van der Waals surface area contributed by atoms with E-state index in [-0.39, 0.29) is 5.48 Å². The minimum absolute atomic E-state index is 0. The monoisotopic (exact) mass is 185 g/mol. The van der Waals surface area contributed by atoms with Crippen LogP contribution in [0.25, 0.3) is 0 Å². The maximum Gasteiger partial charge on any atom is 0.342 e. The maximum absolute atomic E-state index is 10.4. The lowest BCUT2D eigenvalue weighted by atomic mass is 10.2. The minimum Gasteiger partial charge on any atom is -0.412 e. The van der Waals surface area contributed by atoms with Gasteiger partial charge < -0.3 is 21.0 Å². The molecule has 0 saturated carbocycles. The van der Waals surface area contributed by atoms with Crippen LogP contribution >= 0.6 is 7.60 Å². The molecule has 0 heterocycles. The van der Waals surface area contributed by atoms with Gasteiger partial charge >= 0.3 is 7.60 Å². The van der Waals surface area contributed by atoms with Gasteiger partial charge in [-0.2, -0.15) is 0 Å². The maximum atomic E-state index is 10.4. The average molecular weight is 185 g/mol. The van der Waals surface area contributed by atoms with Crippen LogP contribution in [0, 0.1) is 0 Å². The number of nitrogens with two attached hydrogens (primary N) is 1. The van der Waals surface area contributed by atoms with Crippen molar-refractivity contribution in [3.63, 3.8) is 0 Å². The van der Waals surface area contributed by atoms with Crippen molar-refractivity contribution < 1.29 is 19.8 Å². The zero-order valence-electron chi connectivity index (χ0n) is 6.53. The predicted molar refractivity (Wildman–Crippen MR) is 43.2 cm³/mol. The third kappa shape index (κ3) is 6.47. The molecule has 0 spiro atoms. The molecule has 0 bridgehead atoms. The highest BCUT2D eigenvalue weighted by Crippen LogP contribution is 2.40. The van der Waals surface area contributed by atoms with Crippen LogP contribution in [0.4, 0.5) is 0 Å². The van der Waals surface area contributed by atoms with Crippen molar-refractivity contribution in [3.8, 4) is 0 Å². The van der Waals surface area contributed by atoms with E-state index >= 15 is 0 Å². The smallest absolute Gasteiger partial charge is 0.342 e. The molecule has 70 valence electrons. The second-order valence-electron chi connectivity index (χ2n) is 2.30. The molecule has 1 atom stereocenters. The van der Waals surface area contributed by atoms with Crippen molar-refractivity contribution in [1.29, 1.82) is 0 Å². The summed E-state index contributed by atoms with van der Waals surface area (Å²) >= 11 is 0. The van der Waals surface area contributed by atoms with E-state index in [0.717, 1.165) is 12.8 Å². The van der Waals surface area contributed by atoms with E-state index in [2.05, 4.69) is 0 Å². The molecular formula is C5H16NO4P. The third-order valence-electron chi connectivity index (χ3n) is 1.29. The molecule has 0 aliphatic carbocycles. The van der Waals surface area contributed by atoms with Gasteiger partial charge in [0.2, 0.25) is 0 Å². The molecule has 0 rings (SSSR count). The van der Waals surface area contributed by atoms with Crippen LogP contribution in [0.15, 0.2) is 0 Å². The average Bonchev–Trinajstić information content (AvgIpc) is 1.80. The molecule has 1 unspecified atom stereocenters. The van der Waals surface area contributed by atoms with E-state index in [1.165, 1.54) is 0 Å². The van der Waals surface area contributed by atoms with Gasteiger partial charge in [-0.1, -0.05) is 19.8 Å². The zero-order chi connectivity index (χ0) is 8.20. The highest BCUT2D eigenvalue weighted by molar-refractivity contribution is 7.52. The molecule has 6 heteroatoms. The molecule has 0 aromatic heterocycles. The molecule has 0 fully saturated rings. The zero-order valence-corrected chi connectivity index (χ0v) is 7.42. The first-order valence-corrected chi connectivity index (χ1v) is 4.97. The van der Waals surface area contributed by atoms with Crippen molar-refractivity contribution in [2.45, 2.75) is 32.0 Å². The summed E-state index contributed by atoms with van der Waals surface area (Å²) < 4.78 is 10.4. The first-order chi connectivity index (χ1) is 4.48. The van der Waals surface area contributed by atoms with Crippen LogP contribution in [0.2, 0.25) is 0 Å². The number of hydrogen-bond donors (Lipinski definition) is 3. The lowest BCUT2D eigenvalue weighted by Crippen LogP contribution is -2.19. The fourth-order valence-corrected chi connectivity index (χ4v) is 1.10. The van der Waals surface area contributed by atoms with Crippen molar-refractivity contribution >= 4 is 7.60 Å². The van der Waals surface area contributed by atoms with Gasteiger partial charge in [0.25, 0.3) is 0 Å². The summed E-state index contributed by atoms with van der Waals surface area (Å²) in [5.74, 6) is -0.965. The first kappa shape index (κ1) is 13.6. The Bertz CT molecular complexity index is 134. The molecule has 6 N–H and O–H groups in total. The highest BCUT2D eigenvalue weighted by Gasteiger charge is 2.23. The lowest BCUT2D eigenvalue weighted by Gasteiger charge is -2.11. The Kier molecular flexibility index (Phi) is 7.05. The third-order valence-corrected chi connectivity index (χ3v) is 2.41. The Morgan fingerprint density at radius 1 is 1.55 bits per heavy atom. The van der Waals surface area contributed by atoms with Gasteiger partial charge in [-0.05, 0) is 6.42 Å². The molecule has 0 radical (unpaired) electrons. The van der Waals surface area contributed by atoms with Crippen molar-refractivity contribution in [3.05, 3.63) is 0 Å². The minimum atomic E-state index is -4.01. The highest BCUT2D eigenvalue weighted by atomic mass is 31.2.